The van der Waals surface area contributed by atoms with Crippen molar-refractivity contribution in [2.45, 2.75) is 25.9 Å². The van der Waals surface area contributed by atoms with E-state index in [9.17, 15) is 4.79 Å². The van der Waals surface area contributed by atoms with Gasteiger partial charge in [0.2, 0.25) is 0 Å². The third-order valence-corrected chi connectivity index (χ3v) is 3.34. The highest BCUT2D eigenvalue weighted by molar-refractivity contribution is 5.94. The van der Waals surface area contributed by atoms with Gasteiger partial charge in [-0.1, -0.05) is 42.5 Å². The first kappa shape index (κ1) is 15.3. The van der Waals surface area contributed by atoms with Crippen molar-refractivity contribution in [3.63, 3.8) is 0 Å². The maximum Gasteiger partial charge on any atom is 0.251 e. The first-order chi connectivity index (χ1) is 10.2. The number of nitrogens with one attached hydrogen (secondary N) is 1. The summed E-state index contributed by atoms with van der Waals surface area (Å²) in [5.74, 6) is -0.0693. The number of carbonyl (C=O) groups is 1. The van der Waals surface area contributed by atoms with Crippen molar-refractivity contribution >= 4 is 5.91 Å². The van der Waals surface area contributed by atoms with Gasteiger partial charge < -0.3 is 10.4 Å². The van der Waals surface area contributed by atoms with Crippen LogP contribution in [0.25, 0.3) is 11.1 Å². The topological polar surface area (TPSA) is 49.3 Å². The van der Waals surface area contributed by atoms with Crippen molar-refractivity contribution in [1.29, 1.82) is 0 Å². The summed E-state index contributed by atoms with van der Waals surface area (Å²) in [5.41, 5.74) is 2.90. The van der Waals surface area contributed by atoms with Crippen LogP contribution in [0, 0.1) is 0 Å². The maximum absolute atomic E-state index is 12.0. The van der Waals surface area contributed by atoms with Crippen molar-refractivity contribution in [2.75, 3.05) is 6.54 Å². The summed E-state index contributed by atoms with van der Waals surface area (Å²) in [7, 11) is 0. The number of hydrogen-bond donors (Lipinski definition) is 2. The fourth-order valence-corrected chi connectivity index (χ4v) is 2.15. The summed E-state index contributed by atoms with van der Waals surface area (Å²) in [4.78, 5) is 12.0. The first-order valence-electron chi connectivity index (χ1n) is 7.28. The molecule has 21 heavy (non-hydrogen) atoms. The molecule has 0 fully saturated rings. The smallest absolute Gasteiger partial charge is 0.251 e. The van der Waals surface area contributed by atoms with Crippen LogP contribution in [0.5, 0.6) is 0 Å². The summed E-state index contributed by atoms with van der Waals surface area (Å²) in [6, 6.07) is 17.7. The van der Waals surface area contributed by atoms with Crippen molar-refractivity contribution in [3.8, 4) is 11.1 Å². The quantitative estimate of drug-likeness (QED) is 0.800. The fourth-order valence-electron chi connectivity index (χ4n) is 2.15. The fraction of sp³-hybridized carbons (Fsp3) is 0.278. The van der Waals surface area contributed by atoms with E-state index >= 15 is 0 Å². The van der Waals surface area contributed by atoms with Crippen LogP contribution < -0.4 is 5.32 Å². The second kappa shape index (κ2) is 7.60. The maximum atomic E-state index is 12.0. The average Bonchev–Trinajstić information content (AvgIpc) is 2.52. The minimum Gasteiger partial charge on any atom is -0.393 e. The van der Waals surface area contributed by atoms with Gasteiger partial charge in [0.15, 0.2) is 0 Å². The Bertz CT molecular complexity index is 562. The SMILES string of the molecule is CC(O)CCCNC(=O)c1ccc(-c2ccccc2)cc1. The van der Waals surface area contributed by atoms with Gasteiger partial charge in [-0.05, 0) is 43.0 Å². The van der Waals surface area contributed by atoms with Crippen molar-refractivity contribution in [3.05, 3.63) is 60.2 Å². The minimum atomic E-state index is -0.313. The molecule has 0 spiro atoms. The Morgan fingerprint density at radius 1 is 1.05 bits per heavy atom. The molecule has 2 N–H and O–H groups in total. The van der Waals surface area contributed by atoms with E-state index in [0.29, 0.717) is 18.5 Å². The van der Waals surface area contributed by atoms with Crippen LogP contribution in [-0.2, 0) is 0 Å². The lowest BCUT2D eigenvalue weighted by Crippen LogP contribution is -2.24. The predicted molar refractivity (Wildman–Crippen MR) is 85.1 cm³/mol. The molecule has 0 heterocycles. The zero-order valence-corrected chi connectivity index (χ0v) is 12.3. The highest BCUT2D eigenvalue weighted by Crippen LogP contribution is 2.19. The molecule has 0 aromatic heterocycles. The molecular weight excluding hydrogens is 262 g/mol. The molecule has 0 saturated heterocycles. The van der Waals surface area contributed by atoms with Gasteiger partial charge in [-0.2, -0.15) is 0 Å². The number of amides is 1. The van der Waals surface area contributed by atoms with Gasteiger partial charge >= 0.3 is 0 Å². The zero-order valence-electron chi connectivity index (χ0n) is 12.3. The lowest BCUT2D eigenvalue weighted by Gasteiger charge is -2.07. The Labute approximate surface area is 125 Å². The van der Waals surface area contributed by atoms with Crippen LogP contribution in [0.15, 0.2) is 54.6 Å². The summed E-state index contributed by atoms with van der Waals surface area (Å²) in [5, 5.41) is 12.0. The third-order valence-electron chi connectivity index (χ3n) is 3.34. The van der Waals surface area contributed by atoms with Gasteiger partial charge in [0, 0.05) is 12.1 Å². The number of aliphatic hydroxyl groups is 1. The van der Waals surface area contributed by atoms with Gasteiger partial charge in [0.1, 0.15) is 0 Å². The van der Waals surface area contributed by atoms with Crippen LogP contribution >= 0.6 is 0 Å². The van der Waals surface area contributed by atoms with E-state index in [4.69, 9.17) is 5.11 Å². The molecule has 2 rings (SSSR count). The van der Waals surface area contributed by atoms with Crippen LogP contribution in [0.4, 0.5) is 0 Å². The van der Waals surface area contributed by atoms with Crippen LogP contribution in [0.1, 0.15) is 30.1 Å². The summed E-state index contributed by atoms with van der Waals surface area (Å²) < 4.78 is 0. The Morgan fingerprint density at radius 3 is 2.29 bits per heavy atom. The molecule has 0 aliphatic carbocycles. The third kappa shape index (κ3) is 4.72. The standard InChI is InChI=1S/C18H21NO2/c1-14(20)6-5-13-19-18(21)17-11-9-16(10-12-17)15-7-3-2-4-8-15/h2-4,7-12,14,20H,5-6,13H2,1H3,(H,19,21). The van der Waals surface area contributed by atoms with Crippen LogP contribution in [-0.4, -0.2) is 23.7 Å². The monoisotopic (exact) mass is 283 g/mol. The average molecular weight is 283 g/mol. The highest BCUT2D eigenvalue weighted by atomic mass is 16.3. The Kier molecular flexibility index (Phi) is 5.52. The molecule has 2 aromatic carbocycles. The van der Waals surface area contributed by atoms with E-state index in [0.717, 1.165) is 17.5 Å². The van der Waals surface area contributed by atoms with Crippen molar-refractivity contribution < 1.29 is 9.90 Å². The van der Waals surface area contributed by atoms with Gasteiger partial charge in [0.25, 0.3) is 5.91 Å². The molecule has 1 unspecified atom stereocenters. The van der Waals surface area contributed by atoms with E-state index in [1.54, 1.807) is 6.92 Å². The Balaban J connectivity index is 1.91. The van der Waals surface area contributed by atoms with E-state index < -0.39 is 0 Å². The van der Waals surface area contributed by atoms with Crippen molar-refractivity contribution in [1.82, 2.24) is 5.32 Å². The lowest BCUT2D eigenvalue weighted by molar-refractivity contribution is 0.0949. The van der Waals surface area contributed by atoms with Gasteiger partial charge in [-0.25, -0.2) is 0 Å². The summed E-state index contributed by atoms with van der Waals surface area (Å²) in [6.07, 6.45) is 1.17. The molecule has 2 aromatic rings. The molecular formula is C18H21NO2. The Hall–Kier alpha value is -2.13. The van der Waals surface area contributed by atoms with E-state index in [-0.39, 0.29) is 12.0 Å². The molecule has 0 aliphatic rings. The van der Waals surface area contributed by atoms with Crippen molar-refractivity contribution in [2.24, 2.45) is 0 Å². The van der Waals surface area contributed by atoms with Crippen LogP contribution in [0.3, 0.4) is 0 Å². The number of aliphatic hydroxyl groups excluding tert-OH is 1. The highest BCUT2D eigenvalue weighted by Gasteiger charge is 2.05. The number of benzene rings is 2. The number of carbonyl (C=O) groups excluding carboxylic acids is 1. The molecule has 0 bridgehead atoms. The molecule has 1 amide bonds. The molecule has 0 saturated carbocycles. The molecule has 3 nitrogen and oxygen atoms in total. The first-order valence-corrected chi connectivity index (χ1v) is 7.28. The largest absolute Gasteiger partial charge is 0.393 e. The molecule has 110 valence electrons. The summed E-state index contributed by atoms with van der Waals surface area (Å²) >= 11 is 0. The molecule has 0 aliphatic heterocycles. The summed E-state index contributed by atoms with van der Waals surface area (Å²) in [6.45, 7) is 2.34. The molecule has 0 radical (unpaired) electrons. The van der Waals surface area contributed by atoms with Gasteiger partial charge in [0.05, 0.1) is 6.10 Å². The van der Waals surface area contributed by atoms with Gasteiger partial charge in [-0.15, -0.1) is 0 Å². The molecule has 3 heteroatoms. The second-order valence-corrected chi connectivity index (χ2v) is 5.19. The van der Waals surface area contributed by atoms with E-state index in [1.807, 2.05) is 54.6 Å². The number of hydrogen-bond acceptors (Lipinski definition) is 2. The van der Waals surface area contributed by atoms with Crippen LogP contribution in [0.2, 0.25) is 0 Å². The van der Waals surface area contributed by atoms with E-state index in [2.05, 4.69) is 5.32 Å². The lowest BCUT2D eigenvalue weighted by atomic mass is 10.0. The zero-order chi connectivity index (χ0) is 15.1. The minimum absolute atomic E-state index is 0.0693. The normalized spacial score (nSPS) is 11.9. The van der Waals surface area contributed by atoms with E-state index in [1.165, 1.54) is 0 Å². The predicted octanol–water partition coefficient (Wildman–Crippen LogP) is 3.24. The van der Waals surface area contributed by atoms with Gasteiger partial charge in [-0.3, -0.25) is 4.79 Å². The Morgan fingerprint density at radius 2 is 1.67 bits per heavy atom. The second-order valence-electron chi connectivity index (χ2n) is 5.19. The number of rotatable bonds is 6. The molecule has 1 atom stereocenters.